The predicted octanol–water partition coefficient (Wildman–Crippen LogP) is 2.08. The Morgan fingerprint density at radius 2 is 1.93 bits per heavy atom. The minimum Gasteiger partial charge on any atom is -0.494 e. The molecule has 3 rings (SSSR count). The molecule has 0 spiro atoms. The molecule has 2 aliphatic heterocycles. The summed E-state index contributed by atoms with van der Waals surface area (Å²) in [5.41, 5.74) is 1.38. The Labute approximate surface area is 159 Å². The maximum Gasteiger partial charge on any atom is 0.325 e. The first-order valence-corrected chi connectivity index (χ1v) is 9.60. The van der Waals surface area contributed by atoms with Crippen molar-refractivity contribution in [2.45, 2.75) is 52.1 Å². The van der Waals surface area contributed by atoms with Gasteiger partial charge in [0.15, 0.2) is 0 Å². The smallest absolute Gasteiger partial charge is 0.325 e. The molecule has 7 nitrogen and oxygen atoms in total. The Hall–Kier alpha value is -2.57. The van der Waals surface area contributed by atoms with Crippen LogP contribution in [0, 0.1) is 0 Å². The highest BCUT2D eigenvalue weighted by atomic mass is 16.5. The minimum atomic E-state index is -0.877. The highest BCUT2D eigenvalue weighted by molar-refractivity contribution is 6.09. The van der Waals surface area contributed by atoms with Gasteiger partial charge in [-0.1, -0.05) is 19.9 Å². The van der Waals surface area contributed by atoms with Crippen molar-refractivity contribution in [1.29, 1.82) is 0 Å². The fourth-order valence-corrected chi connectivity index (χ4v) is 3.79. The maximum atomic E-state index is 12.8. The van der Waals surface area contributed by atoms with E-state index in [1.807, 2.05) is 39.0 Å². The van der Waals surface area contributed by atoms with Crippen molar-refractivity contribution in [3.63, 3.8) is 0 Å². The summed E-state index contributed by atoms with van der Waals surface area (Å²) in [6.45, 7) is 7.08. The van der Waals surface area contributed by atoms with Crippen LogP contribution in [0.4, 0.5) is 4.79 Å². The molecular formula is C20H27N3O4. The van der Waals surface area contributed by atoms with Crippen LogP contribution in [0.2, 0.25) is 0 Å². The molecule has 0 radical (unpaired) electrons. The quantitative estimate of drug-likeness (QED) is 0.775. The third kappa shape index (κ3) is 3.50. The van der Waals surface area contributed by atoms with E-state index in [9.17, 15) is 14.4 Å². The molecule has 0 atom stereocenters. The van der Waals surface area contributed by atoms with Crippen molar-refractivity contribution in [1.82, 2.24) is 15.1 Å². The molecule has 1 saturated heterocycles. The van der Waals surface area contributed by atoms with Crippen molar-refractivity contribution < 1.29 is 19.1 Å². The summed E-state index contributed by atoms with van der Waals surface area (Å²) in [5, 5.41) is 2.76. The number of hydrogen-bond donors (Lipinski definition) is 1. The molecule has 0 bridgehead atoms. The van der Waals surface area contributed by atoms with Gasteiger partial charge in [-0.05, 0) is 49.4 Å². The third-order valence-electron chi connectivity index (χ3n) is 5.60. The minimum absolute atomic E-state index is 0.214. The number of fused-ring (bicyclic) bond motifs is 1. The SMILES string of the molecule is CCOc1ccc2c(c1)CN(C(=O)CN1C(=O)NC(CC)(CC)C1=O)CC2. The Balaban J connectivity index is 1.70. The van der Waals surface area contributed by atoms with Crippen molar-refractivity contribution in [2.24, 2.45) is 0 Å². The van der Waals surface area contributed by atoms with Crippen LogP contribution in [-0.4, -0.2) is 52.9 Å². The molecule has 0 aromatic heterocycles. The first-order chi connectivity index (χ1) is 12.9. The fraction of sp³-hybridized carbons (Fsp3) is 0.550. The van der Waals surface area contributed by atoms with E-state index in [-0.39, 0.29) is 18.4 Å². The van der Waals surface area contributed by atoms with Gasteiger partial charge in [0.2, 0.25) is 5.91 Å². The molecular weight excluding hydrogens is 346 g/mol. The Bertz CT molecular complexity index is 758. The van der Waals surface area contributed by atoms with Crippen LogP contribution in [0.3, 0.4) is 0 Å². The molecule has 1 aromatic rings. The molecule has 2 aliphatic rings. The lowest BCUT2D eigenvalue weighted by Crippen LogP contribution is -2.47. The third-order valence-corrected chi connectivity index (χ3v) is 5.60. The largest absolute Gasteiger partial charge is 0.494 e. The van der Waals surface area contributed by atoms with Crippen LogP contribution in [0.25, 0.3) is 0 Å². The number of hydrogen-bond acceptors (Lipinski definition) is 4. The van der Waals surface area contributed by atoms with E-state index in [1.54, 1.807) is 4.90 Å². The molecule has 2 heterocycles. The second-order valence-corrected chi connectivity index (χ2v) is 7.04. The van der Waals surface area contributed by atoms with Gasteiger partial charge >= 0.3 is 6.03 Å². The standard InChI is InChI=1S/C20H27N3O4/c1-4-20(5-2)18(25)23(19(26)21-20)13-17(24)22-10-9-14-7-8-16(27-6-3)11-15(14)12-22/h7-8,11H,4-6,9-10,12-13H2,1-3H3,(H,21,26). The zero-order chi connectivity index (χ0) is 19.6. The number of urea groups is 1. The average molecular weight is 373 g/mol. The molecule has 4 amide bonds. The van der Waals surface area contributed by atoms with E-state index < -0.39 is 11.6 Å². The second kappa shape index (κ2) is 7.58. The molecule has 0 aliphatic carbocycles. The number of benzene rings is 1. The Morgan fingerprint density at radius 1 is 1.19 bits per heavy atom. The van der Waals surface area contributed by atoms with Crippen molar-refractivity contribution in [3.05, 3.63) is 29.3 Å². The second-order valence-electron chi connectivity index (χ2n) is 7.04. The number of nitrogens with zero attached hydrogens (tertiary/aromatic N) is 2. The predicted molar refractivity (Wildman–Crippen MR) is 100 cm³/mol. The number of imide groups is 1. The highest BCUT2D eigenvalue weighted by Crippen LogP contribution is 2.26. The molecule has 1 N–H and O–H groups in total. The molecule has 1 aromatic carbocycles. The van der Waals surface area contributed by atoms with Gasteiger partial charge in [0.1, 0.15) is 17.8 Å². The van der Waals surface area contributed by atoms with E-state index in [0.29, 0.717) is 32.5 Å². The maximum absolute atomic E-state index is 12.8. The van der Waals surface area contributed by atoms with Gasteiger partial charge in [-0.15, -0.1) is 0 Å². The van der Waals surface area contributed by atoms with E-state index in [4.69, 9.17) is 4.74 Å². The topological polar surface area (TPSA) is 79.0 Å². The summed E-state index contributed by atoms with van der Waals surface area (Å²) >= 11 is 0. The summed E-state index contributed by atoms with van der Waals surface area (Å²) in [5.74, 6) is 0.270. The van der Waals surface area contributed by atoms with Crippen LogP contribution in [0.15, 0.2) is 18.2 Å². The van der Waals surface area contributed by atoms with E-state index in [1.165, 1.54) is 5.56 Å². The van der Waals surface area contributed by atoms with Crippen molar-refractivity contribution in [2.75, 3.05) is 19.7 Å². The summed E-state index contributed by atoms with van der Waals surface area (Å²) in [6.07, 6.45) is 1.77. The number of rotatable bonds is 6. The highest BCUT2D eigenvalue weighted by Gasteiger charge is 2.49. The van der Waals surface area contributed by atoms with Gasteiger partial charge in [0, 0.05) is 13.1 Å². The number of carbonyl (C=O) groups is 3. The normalized spacial score (nSPS) is 18.3. The molecule has 0 saturated carbocycles. The lowest BCUT2D eigenvalue weighted by Gasteiger charge is -2.30. The Morgan fingerprint density at radius 3 is 2.56 bits per heavy atom. The lowest BCUT2D eigenvalue weighted by atomic mass is 9.93. The Kier molecular flexibility index (Phi) is 5.39. The van der Waals surface area contributed by atoms with Gasteiger partial charge in [-0.3, -0.25) is 14.5 Å². The van der Waals surface area contributed by atoms with E-state index >= 15 is 0 Å². The number of amides is 4. The molecule has 1 fully saturated rings. The molecule has 7 heteroatoms. The van der Waals surface area contributed by atoms with Crippen LogP contribution in [-0.2, 0) is 22.6 Å². The first-order valence-electron chi connectivity index (χ1n) is 9.60. The number of carbonyl (C=O) groups excluding carboxylic acids is 3. The summed E-state index contributed by atoms with van der Waals surface area (Å²) < 4.78 is 5.54. The van der Waals surface area contributed by atoms with Crippen LogP contribution < -0.4 is 10.1 Å². The van der Waals surface area contributed by atoms with E-state index in [2.05, 4.69) is 5.32 Å². The average Bonchev–Trinajstić information content (AvgIpc) is 2.92. The first kappa shape index (κ1) is 19.2. The van der Waals surface area contributed by atoms with E-state index in [0.717, 1.165) is 22.6 Å². The fourth-order valence-electron chi connectivity index (χ4n) is 3.79. The number of ether oxygens (including phenoxy) is 1. The van der Waals surface area contributed by atoms with Crippen LogP contribution in [0.5, 0.6) is 5.75 Å². The van der Waals surface area contributed by atoms with Gasteiger partial charge in [0.05, 0.1) is 6.61 Å². The zero-order valence-electron chi connectivity index (χ0n) is 16.2. The molecule has 27 heavy (non-hydrogen) atoms. The summed E-state index contributed by atoms with van der Waals surface area (Å²) in [6, 6.07) is 5.47. The zero-order valence-corrected chi connectivity index (χ0v) is 16.2. The van der Waals surface area contributed by atoms with Gasteiger partial charge in [0.25, 0.3) is 5.91 Å². The number of nitrogens with one attached hydrogen (secondary N) is 1. The molecule has 146 valence electrons. The summed E-state index contributed by atoms with van der Waals surface area (Å²) in [4.78, 5) is 40.5. The molecule has 0 unspecified atom stereocenters. The van der Waals surface area contributed by atoms with Crippen molar-refractivity contribution >= 4 is 17.8 Å². The van der Waals surface area contributed by atoms with Gasteiger partial charge < -0.3 is 15.0 Å². The van der Waals surface area contributed by atoms with Gasteiger partial charge in [-0.2, -0.15) is 0 Å². The van der Waals surface area contributed by atoms with Gasteiger partial charge in [-0.25, -0.2) is 4.79 Å². The monoisotopic (exact) mass is 373 g/mol. The summed E-state index contributed by atoms with van der Waals surface area (Å²) in [7, 11) is 0. The van der Waals surface area contributed by atoms with Crippen LogP contribution in [0.1, 0.15) is 44.7 Å². The van der Waals surface area contributed by atoms with Crippen molar-refractivity contribution in [3.8, 4) is 5.75 Å². The van der Waals surface area contributed by atoms with Crippen LogP contribution >= 0.6 is 0 Å². The lowest BCUT2D eigenvalue weighted by molar-refractivity contribution is -0.139.